The Morgan fingerprint density at radius 3 is 2.87 bits per heavy atom. The fourth-order valence-corrected chi connectivity index (χ4v) is 3.68. The van der Waals surface area contributed by atoms with Crippen molar-refractivity contribution in [2.45, 2.75) is 33.2 Å². The van der Waals surface area contributed by atoms with Gasteiger partial charge in [-0.1, -0.05) is 19.9 Å². The molecule has 23 heavy (non-hydrogen) atoms. The van der Waals surface area contributed by atoms with E-state index in [9.17, 15) is 9.59 Å². The lowest BCUT2D eigenvalue weighted by Gasteiger charge is -2.20. The molecule has 1 aromatic heterocycles. The Morgan fingerprint density at radius 2 is 2.22 bits per heavy atom. The van der Waals surface area contributed by atoms with Crippen LogP contribution in [0.3, 0.4) is 0 Å². The summed E-state index contributed by atoms with van der Waals surface area (Å²) in [7, 11) is 1.84. The van der Waals surface area contributed by atoms with Crippen LogP contribution in [0.15, 0.2) is 24.4 Å². The third-order valence-corrected chi connectivity index (χ3v) is 5.18. The van der Waals surface area contributed by atoms with Gasteiger partial charge in [0.15, 0.2) is 0 Å². The van der Waals surface area contributed by atoms with Gasteiger partial charge in [-0.15, -0.1) is 0 Å². The minimum Gasteiger partial charge on any atom is -0.342 e. The van der Waals surface area contributed by atoms with Crippen molar-refractivity contribution in [3.8, 4) is 0 Å². The van der Waals surface area contributed by atoms with Gasteiger partial charge in [-0.2, -0.15) is 0 Å². The maximum Gasteiger partial charge on any atom is 0.226 e. The number of carbonyl (C=O) groups is 2. The molecule has 5 nitrogen and oxygen atoms in total. The second kappa shape index (κ2) is 5.95. The number of aromatic nitrogens is 1. The Hall–Kier alpha value is -1.91. The van der Waals surface area contributed by atoms with Crippen LogP contribution in [-0.2, 0) is 16.1 Å². The van der Waals surface area contributed by atoms with Crippen molar-refractivity contribution < 1.29 is 9.59 Å². The van der Waals surface area contributed by atoms with Gasteiger partial charge in [-0.05, 0) is 25.0 Å². The quantitative estimate of drug-likeness (QED) is 0.853. The van der Waals surface area contributed by atoms with Gasteiger partial charge in [0.2, 0.25) is 11.8 Å². The Morgan fingerprint density at radius 1 is 1.43 bits per heavy atom. The molecule has 0 N–H and O–H groups in total. The minimum atomic E-state index is 0.0323. The predicted octanol–water partition coefficient (Wildman–Crippen LogP) is 1.93. The van der Waals surface area contributed by atoms with Gasteiger partial charge in [-0.25, -0.2) is 0 Å². The smallest absolute Gasteiger partial charge is 0.226 e. The van der Waals surface area contributed by atoms with E-state index in [1.165, 1.54) is 0 Å². The summed E-state index contributed by atoms with van der Waals surface area (Å²) in [5.41, 5.74) is 0.945. The summed E-state index contributed by atoms with van der Waals surface area (Å²) < 4.78 is 0. The van der Waals surface area contributed by atoms with E-state index in [-0.39, 0.29) is 29.1 Å². The summed E-state index contributed by atoms with van der Waals surface area (Å²) in [4.78, 5) is 32.8. The standard InChI is InChI=1S/C18H25N3O2/c1-13(2)16(22)21-9-7-18(12-21)10-15(18)17(23)20(3)11-14-6-4-5-8-19-14/h4-6,8,13,15H,7,9-12H2,1-3H3/t15-,18+/m0/s1. The van der Waals surface area contributed by atoms with Crippen LogP contribution in [0.1, 0.15) is 32.4 Å². The highest BCUT2D eigenvalue weighted by atomic mass is 16.2. The molecule has 0 unspecified atom stereocenters. The topological polar surface area (TPSA) is 53.5 Å². The zero-order valence-electron chi connectivity index (χ0n) is 14.2. The van der Waals surface area contributed by atoms with Gasteiger partial charge < -0.3 is 9.80 Å². The Kier molecular flexibility index (Phi) is 4.13. The van der Waals surface area contributed by atoms with E-state index >= 15 is 0 Å². The van der Waals surface area contributed by atoms with Crippen LogP contribution in [0, 0.1) is 17.3 Å². The number of carbonyl (C=O) groups excluding carboxylic acids is 2. The fourth-order valence-electron chi connectivity index (χ4n) is 3.68. The molecule has 2 heterocycles. The molecule has 124 valence electrons. The average molecular weight is 315 g/mol. The molecule has 5 heteroatoms. The molecule has 2 atom stereocenters. The number of hydrogen-bond donors (Lipinski definition) is 0. The first-order valence-electron chi connectivity index (χ1n) is 8.37. The van der Waals surface area contributed by atoms with Gasteiger partial charge in [0.1, 0.15) is 0 Å². The number of hydrogen-bond acceptors (Lipinski definition) is 3. The molecule has 1 spiro atoms. The van der Waals surface area contributed by atoms with Crippen LogP contribution in [0.4, 0.5) is 0 Å². The summed E-state index contributed by atoms with van der Waals surface area (Å²) in [5.74, 6) is 0.502. The van der Waals surface area contributed by atoms with Gasteiger partial charge in [-0.3, -0.25) is 14.6 Å². The first kappa shape index (κ1) is 16.0. The lowest BCUT2D eigenvalue weighted by atomic mass is 10.0. The second-order valence-electron chi connectivity index (χ2n) is 7.30. The van der Waals surface area contributed by atoms with E-state index in [4.69, 9.17) is 0 Å². The van der Waals surface area contributed by atoms with Crippen molar-refractivity contribution in [2.24, 2.45) is 17.3 Å². The molecule has 0 aromatic carbocycles. The van der Waals surface area contributed by atoms with Crippen LogP contribution < -0.4 is 0 Å². The van der Waals surface area contributed by atoms with Gasteiger partial charge in [0, 0.05) is 43.6 Å². The zero-order valence-corrected chi connectivity index (χ0v) is 14.2. The van der Waals surface area contributed by atoms with E-state index in [1.54, 1.807) is 11.1 Å². The number of rotatable bonds is 4. The summed E-state index contributed by atoms with van der Waals surface area (Å²) in [5, 5.41) is 0. The molecule has 3 rings (SSSR count). The van der Waals surface area contributed by atoms with Crippen molar-refractivity contribution in [2.75, 3.05) is 20.1 Å². The monoisotopic (exact) mass is 315 g/mol. The molecule has 0 bridgehead atoms. The largest absolute Gasteiger partial charge is 0.342 e. The van der Waals surface area contributed by atoms with Gasteiger partial charge >= 0.3 is 0 Å². The molecule has 1 aliphatic carbocycles. The molecule has 1 saturated heterocycles. The van der Waals surface area contributed by atoms with E-state index in [0.29, 0.717) is 6.54 Å². The van der Waals surface area contributed by atoms with Crippen molar-refractivity contribution in [1.29, 1.82) is 0 Å². The highest BCUT2D eigenvalue weighted by molar-refractivity contribution is 5.83. The molecular weight excluding hydrogens is 290 g/mol. The lowest BCUT2D eigenvalue weighted by molar-refractivity contribution is -0.135. The lowest BCUT2D eigenvalue weighted by Crippen LogP contribution is -2.34. The molecule has 2 fully saturated rings. The average Bonchev–Trinajstić information content (AvgIpc) is 3.06. The van der Waals surface area contributed by atoms with E-state index in [1.807, 2.05) is 44.0 Å². The first-order chi connectivity index (χ1) is 10.9. The minimum absolute atomic E-state index is 0.0323. The highest BCUT2D eigenvalue weighted by Crippen LogP contribution is 2.59. The number of likely N-dealkylation sites (tertiary alicyclic amines) is 1. The SMILES string of the molecule is CC(C)C(=O)N1CC[C@@]2(C[C@H]2C(=O)N(C)Cc2ccccn2)C1. The van der Waals surface area contributed by atoms with Crippen molar-refractivity contribution in [1.82, 2.24) is 14.8 Å². The zero-order chi connectivity index (χ0) is 16.6. The van der Waals surface area contributed by atoms with E-state index in [0.717, 1.165) is 31.6 Å². The van der Waals surface area contributed by atoms with Crippen LogP contribution >= 0.6 is 0 Å². The third kappa shape index (κ3) is 3.09. The Balaban J connectivity index is 1.58. The van der Waals surface area contributed by atoms with Crippen molar-refractivity contribution in [3.05, 3.63) is 30.1 Å². The maximum absolute atomic E-state index is 12.7. The highest BCUT2D eigenvalue weighted by Gasteiger charge is 2.61. The normalized spacial score (nSPS) is 25.9. The molecule has 2 aliphatic rings. The van der Waals surface area contributed by atoms with Gasteiger partial charge in [0.25, 0.3) is 0 Å². The van der Waals surface area contributed by atoms with E-state index in [2.05, 4.69) is 4.98 Å². The number of amides is 2. The predicted molar refractivity (Wildman–Crippen MR) is 87.3 cm³/mol. The van der Waals surface area contributed by atoms with Crippen molar-refractivity contribution >= 4 is 11.8 Å². The summed E-state index contributed by atoms with van der Waals surface area (Å²) in [6.45, 7) is 5.95. The first-order valence-corrected chi connectivity index (χ1v) is 8.37. The number of nitrogens with zero attached hydrogens (tertiary/aromatic N) is 3. The van der Waals surface area contributed by atoms with Crippen LogP contribution in [0.25, 0.3) is 0 Å². The summed E-state index contributed by atoms with van der Waals surface area (Å²) >= 11 is 0. The molecule has 1 aliphatic heterocycles. The fraction of sp³-hybridized carbons (Fsp3) is 0.611. The van der Waals surface area contributed by atoms with Crippen LogP contribution in [0.2, 0.25) is 0 Å². The third-order valence-electron chi connectivity index (χ3n) is 5.18. The van der Waals surface area contributed by atoms with E-state index < -0.39 is 0 Å². The van der Waals surface area contributed by atoms with Crippen molar-refractivity contribution in [3.63, 3.8) is 0 Å². The molecule has 1 aromatic rings. The maximum atomic E-state index is 12.7. The summed E-state index contributed by atoms with van der Waals surface area (Å²) in [6.07, 6.45) is 3.62. The number of pyridine rings is 1. The van der Waals surface area contributed by atoms with Crippen LogP contribution in [0.5, 0.6) is 0 Å². The molecular formula is C18H25N3O2. The van der Waals surface area contributed by atoms with Crippen LogP contribution in [-0.4, -0.2) is 46.7 Å². The Labute approximate surface area is 137 Å². The second-order valence-corrected chi connectivity index (χ2v) is 7.30. The molecule has 2 amide bonds. The molecule has 0 radical (unpaired) electrons. The van der Waals surface area contributed by atoms with Gasteiger partial charge in [0.05, 0.1) is 12.2 Å². The Bertz CT molecular complexity index is 602. The molecule has 1 saturated carbocycles. The summed E-state index contributed by atoms with van der Waals surface area (Å²) in [6, 6.07) is 5.75.